The Morgan fingerprint density at radius 1 is 1.15 bits per heavy atom. The summed E-state index contributed by atoms with van der Waals surface area (Å²) in [5.41, 5.74) is 0.893. The number of nitrogens with one attached hydrogen (secondary N) is 1. The molecule has 0 aliphatic heterocycles. The third-order valence-electron chi connectivity index (χ3n) is 4.05. The zero-order valence-electron chi connectivity index (χ0n) is 15.1. The van der Waals surface area contributed by atoms with Crippen LogP contribution < -0.4 is 14.8 Å². The van der Waals surface area contributed by atoms with E-state index in [2.05, 4.69) is 10.3 Å². The molecule has 0 aliphatic carbocycles. The number of benzene rings is 2. The number of ether oxygens (including phenoxy) is 2. The Morgan fingerprint density at radius 3 is 2.41 bits per heavy atom. The number of hydrogen-bond donors (Lipinski definition) is 1. The summed E-state index contributed by atoms with van der Waals surface area (Å²) in [5, 5.41) is 3.59. The van der Waals surface area contributed by atoms with Crippen LogP contribution in [0.15, 0.2) is 60.9 Å². The molecule has 0 radical (unpaired) electrons. The second kappa shape index (κ2) is 8.60. The molecule has 0 spiro atoms. The molecule has 0 aliphatic rings. The van der Waals surface area contributed by atoms with Crippen LogP contribution in [0.25, 0.3) is 0 Å². The van der Waals surface area contributed by atoms with Crippen molar-refractivity contribution in [2.24, 2.45) is 7.05 Å². The minimum atomic E-state index is -0.405. The maximum Gasteiger partial charge on any atom is 0.258 e. The van der Waals surface area contributed by atoms with Gasteiger partial charge in [0.15, 0.2) is 6.61 Å². The summed E-state index contributed by atoms with van der Waals surface area (Å²) < 4.78 is 12.6. The summed E-state index contributed by atoms with van der Waals surface area (Å²) in [6.07, 6.45) is 3.53. The van der Waals surface area contributed by atoms with Crippen molar-refractivity contribution in [3.63, 3.8) is 0 Å². The van der Waals surface area contributed by atoms with E-state index in [9.17, 15) is 4.79 Å². The van der Waals surface area contributed by atoms with Gasteiger partial charge in [0.05, 0.1) is 7.11 Å². The fourth-order valence-corrected chi connectivity index (χ4v) is 2.76. The van der Waals surface area contributed by atoms with Gasteiger partial charge in [0, 0.05) is 24.5 Å². The third kappa shape index (κ3) is 4.80. The third-order valence-corrected chi connectivity index (χ3v) is 4.31. The highest BCUT2D eigenvalue weighted by Crippen LogP contribution is 2.23. The van der Waals surface area contributed by atoms with E-state index in [1.807, 2.05) is 42.1 Å². The van der Waals surface area contributed by atoms with Gasteiger partial charge in [-0.3, -0.25) is 4.79 Å². The van der Waals surface area contributed by atoms with Crippen LogP contribution >= 0.6 is 11.6 Å². The number of amides is 1. The highest BCUT2D eigenvalue weighted by Gasteiger charge is 2.21. The Kier molecular flexibility index (Phi) is 5.98. The molecular formula is C20H20ClN3O3. The van der Waals surface area contributed by atoms with E-state index in [4.69, 9.17) is 21.1 Å². The standard InChI is InChI=1S/C20H20ClN3O3/c1-24-12-11-22-20(24)19(14-3-7-16(26-2)8-4-14)23-18(25)13-27-17-9-5-15(21)6-10-17/h3-12,19H,13H2,1-2H3,(H,23,25). The first kappa shape index (κ1) is 18.8. The molecule has 6 nitrogen and oxygen atoms in total. The molecule has 3 rings (SSSR count). The quantitative estimate of drug-likeness (QED) is 0.677. The minimum absolute atomic E-state index is 0.112. The molecule has 0 saturated carbocycles. The van der Waals surface area contributed by atoms with Gasteiger partial charge in [0.1, 0.15) is 23.4 Å². The largest absolute Gasteiger partial charge is 0.497 e. The fraction of sp³-hybridized carbons (Fsp3) is 0.200. The van der Waals surface area contributed by atoms with E-state index < -0.39 is 6.04 Å². The van der Waals surface area contributed by atoms with Crippen LogP contribution in [-0.4, -0.2) is 29.2 Å². The van der Waals surface area contributed by atoms with Crippen LogP contribution in [-0.2, 0) is 11.8 Å². The van der Waals surface area contributed by atoms with E-state index in [1.54, 1.807) is 37.6 Å². The van der Waals surface area contributed by atoms with Gasteiger partial charge in [0.2, 0.25) is 0 Å². The van der Waals surface area contributed by atoms with Gasteiger partial charge in [-0.05, 0) is 42.0 Å². The lowest BCUT2D eigenvalue weighted by atomic mass is 10.1. The van der Waals surface area contributed by atoms with E-state index in [0.717, 1.165) is 17.1 Å². The smallest absolute Gasteiger partial charge is 0.258 e. The second-order valence-corrected chi connectivity index (χ2v) is 6.35. The molecule has 1 aromatic heterocycles. The highest BCUT2D eigenvalue weighted by molar-refractivity contribution is 6.30. The molecule has 1 heterocycles. The fourth-order valence-electron chi connectivity index (χ4n) is 2.63. The van der Waals surface area contributed by atoms with Gasteiger partial charge in [-0.2, -0.15) is 0 Å². The Hall–Kier alpha value is -2.99. The molecule has 3 aromatic rings. The van der Waals surface area contributed by atoms with Gasteiger partial charge in [-0.25, -0.2) is 4.98 Å². The maximum absolute atomic E-state index is 12.5. The number of rotatable bonds is 7. The van der Waals surface area contributed by atoms with Crippen molar-refractivity contribution in [1.29, 1.82) is 0 Å². The van der Waals surface area contributed by atoms with Crippen LogP contribution in [0.5, 0.6) is 11.5 Å². The van der Waals surface area contributed by atoms with Gasteiger partial charge >= 0.3 is 0 Å². The molecule has 1 N–H and O–H groups in total. The SMILES string of the molecule is COc1ccc(C(NC(=O)COc2ccc(Cl)cc2)c2nccn2C)cc1. The molecule has 1 unspecified atom stereocenters. The first-order chi connectivity index (χ1) is 13.1. The summed E-state index contributed by atoms with van der Waals surface area (Å²) in [4.78, 5) is 16.9. The lowest BCUT2D eigenvalue weighted by molar-refractivity contribution is -0.123. The molecule has 0 fully saturated rings. The molecule has 1 atom stereocenters. The van der Waals surface area contributed by atoms with Crippen molar-refractivity contribution in [3.05, 3.63) is 77.3 Å². The van der Waals surface area contributed by atoms with Gasteiger partial charge in [0.25, 0.3) is 5.91 Å². The summed E-state index contributed by atoms with van der Waals surface area (Å²) in [6.45, 7) is -0.112. The highest BCUT2D eigenvalue weighted by atomic mass is 35.5. The van der Waals surface area contributed by atoms with Gasteiger partial charge in [-0.1, -0.05) is 23.7 Å². The molecule has 7 heteroatoms. The zero-order valence-corrected chi connectivity index (χ0v) is 15.8. The normalized spacial score (nSPS) is 11.7. The van der Waals surface area contributed by atoms with Crippen LogP contribution in [0.4, 0.5) is 0 Å². The Balaban J connectivity index is 1.73. The number of nitrogens with zero attached hydrogens (tertiary/aromatic N) is 2. The molecule has 140 valence electrons. The number of methoxy groups -OCH3 is 1. The molecule has 2 aromatic carbocycles. The second-order valence-electron chi connectivity index (χ2n) is 5.91. The van der Waals surface area contributed by atoms with Crippen molar-refractivity contribution >= 4 is 17.5 Å². The first-order valence-electron chi connectivity index (χ1n) is 8.35. The Bertz CT molecular complexity index is 892. The van der Waals surface area contributed by atoms with E-state index in [0.29, 0.717) is 10.8 Å². The van der Waals surface area contributed by atoms with Crippen molar-refractivity contribution in [3.8, 4) is 11.5 Å². The van der Waals surface area contributed by atoms with E-state index >= 15 is 0 Å². The van der Waals surface area contributed by atoms with Crippen LogP contribution in [0.1, 0.15) is 17.4 Å². The summed E-state index contributed by atoms with van der Waals surface area (Å²) >= 11 is 5.85. The van der Waals surface area contributed by atoms with Crippen LogP contribution in [0.2, 0.25) is 5.02 Å². The number of carbonyl (C=O) groups is 1. The lowest BCUT2D eigenvalue weighted by Gasteiger charge is -2.19. The number of hydrogen-bond acceptors (Lipinski definition) is 4. The minimum Gasteiger partial charge on any atom is -0.497 e. The molecule has 27 heavy (non-hydrogen) atoms. The monoisotopic (exact) mass is 385 g/mol. The number of carbonyl (C=O) groups excluding carboxylic acids is 1. The number of aromatic nitrogens is 2. The predicted octanol–water partition coefficient (Wildman–Crippen LogP) is 3.37. The van der Waals surface area contributed by atoms with Crippen molar-refractivity contribution < 1.29 is 14.3 Å². The van der Waals surface area contributed by atoms with Crippen LogP contribution in [0, 0.1) is 0 Å². The first-order valence-corrected chi connectivity index (χ1v) is 8.73. The summed E-state index contributed by atoms with van der Waals surface area (Å²) in [7, 11) is 3.50. The predicted molar refractivity (Wildman–Crippen MR) is 103 cm³/mol. The number of halogens is 1. The zero-order chi connectivity index (χ0) is 19.2. The van der Waals surface area contributed by atoms with Crippen molar-refractivity contribution in [2.45, 2.75) is 6.04 Å². The molecule has 1 amide bonds. The Labute approximate surface area is 162 Å². The summed E-state index contributed by atoms with van der Waals surface area (Å²) in [5.74, 6) is 1.79. The summed E-state index contributed by atoms with van der Waals surface area (Å²) in [6, 6.07) is 14.0. The topological polar surface area (TPSA) is 65.4 Å². The number of imidazole rings is 1. The maximum atomic E-state index is 12.5. The molecule has 0 saturated heterocycles. The van der Waals surface area contributed by atoms with Crippen LogP contribution in [0.3, 0.4) is 0 Å². The van der Waals surface area contributed by atoms with E-state index in [1.165, 1.54) is 0 Å². The van der Waals surface area contributed by atoms with Crippen molar-refractivity contribution in [1.82, 2.24) is 14.9 Å². The van der Waals surface area contributed by atoms with E-state index in [-0.39, 0.29) is 12.5 Å². The average molecular weight is 386 g/mol. The lowest BCUT2D eigenvalue weighted by Crippen LogP contribution is -2.34. The van der Waals surface area contributed by atoms with Gasteiger partial charge < -0.3 is 19.4 Å². The average Bonchev–Trinajstić information content (AvgIpc) is 3.11. The Morgan fingerprint density at radius 2 is 1.81 bits per heavy atom. The van der Waals surface area contributed by atoms with Gasteiger partial charge in [-0.15, -0.1) is 0 Å². The molecular weight excluding hydrogens is 366 g/mol. The number of aryl methyl sites for hydroxylation is 1. The van der Waals surface area contributed by atoms with Crippen molar-refractivity contribution in [2.75, 3.05) is 13.7 Å². The molecule has 0 bridgehead atoms.